The number of ether oxygens (including phenoxy) is 1. The van der Waals surface area contributed by atoms with E-state index >= 15 is 0 Å². The zero-order valence-electron chi connectivity index (χ0n) is 17.0. The van der Waals surface area contributed by atoms with Crippen LogP contribution in [0.4, 0.5) is 5.95 Å². The number of hydrogen-bond donors (Lipinski definition) is 2. The van der Waals surface area contributed by atoms with Crippen molar-refractivity contribution in [2.45, 2.75) is 13.5 Å². The van der Waals surface area contributed by atoms with E-state index in [0.717, 1.165) is 50.2 Å². The Labute approximate surface area is 193 Å². The molecule has 3 rings (SSSR count). The Hall–Kier alpha value is -2.63. The molecule has 1 aliphatic rings. The summed E-state index contributed by atoms with van der Waals surface area (Å²) in [5, 5.41) is 3.37. The molecule has 30 heavy (non-hydrogen) atoms. The number of carbonyl (C=O) groups excluding carboxylic acids is 1. The van der Waals surface area contributed by atoms with Gasteiger partial charge in [0.1, 0.15) is 5.75 Å². The second-order valence-corrected chi connectivity index (χ2v) is 6.60. The molecule has 2 aromatic rings. The van der Waals surface area contributed by atoms with Crippen LogP contribution in [-0.2, 0) is 11.3 Å². The Bertz CT molecular complexity index is 827. The summed E-state index contributed by atoms with van der Waals surface area (Å²) in [5.74, 6) is 1.76. The zero-order valence-corrected chi connectivity index (χ0v) is 19.4. The van der Waals surface area contributed by atoms with Crippen LogP contribution in [0.5, 0.6) is 5.75 Å². The molecule has 0 bridgehead atoms. The number of guanidine groups is 1. The van der Waals surface area contributed by atoms with Gasteiger partial charge in [0.15, 0.2) is 12.6 Å². The zero-order chi connectivity index (χ0) is 20.5. The van der Waals surface area contributed by atoms with Gasteiger partial charge in [-0.15, -0.1) is 24.0 Å². The van der Waals surface area contributed by atoms with E-state index in [0.29, 0.717) is 12.3 Å². The molecule has 1 aromatic heterocycles. The van der Waals surface area contributed by atoms with Crippen LogP contribution >= 0.6 is 24.0 Å². The van der Waals surface area contributed by atoms with Crippen LogP contribution in [0, 0.1) is 0 Å². The number of halogens is 1. The van der Waals surface area contributed by atoms with Crippen molar-refractivity contribution in [3.05, 3.63) is 48.3 Å². The lowest BCUT2D eigenvalue weighted by Gasteiger charge is -2.36. The average molecular weight is 525 g/mol. The van der Waals surface area contributed by atoms with Gasteiger partial charge in [-0.1, -0.05) is 12.1 Å². The van der Waals surface area contributed by atoms with E-state index in [-0.39, 0.29) is 30.6 Å². The Balaban J connectivity index is 0.00000320. The average Bonchev–Trinajstić information content (AvgIpc) is 2.76. The van der Waals surface area contributed by atoms with Gasteiger partial charge >= 0.3 is 0 Å². The first-order chi connectivity index (χ1) is 14.2. The number of carbonyl (C=O) groups is 1. The molecule has 1 aromatic carbocycles. The smallest absolute Gasteiger partial charge is 0.255 e. The highest BCUT2D eigenvalue weighted by atomic mass is 127. The van der Waals surface area contributed by atoms with Gasteiger partial charge in [0.25, 0.3) is 5.91 Å². The van der Waals surface area contributed by atoms with Crippen molar-refractivity contribution < 1.29 is 9.53 Å². The van der Waals surface area contributed by atoms with Crippen molar-refractivity contribution in [3.8, 4) is 5.75 Å². The van der Waals surface area contributed by atoms with E-state index in [1.54, 1.807) is 18.5 Å². The fourth-order valence-electron chi connectivity index (χ4n) is 3.05. The molecule has 0 aliphatic carbocycles. The quantitative estimate of drug-likeness (QED) is 0.318. The lowest BCUT2D eigenvalue weighted by molar-refractivity contribution is -0.119. The number of anilines is 1. The molecule has 0 radical (unpaired) electrons. The standard InChI is InChI=1S/C20H27N7O2.HI/c1-2-22-19(25-14-16-5-3-6-17(13-16)29-15-18(21)28)26-9-11-27(12-10-26)20-23-7-4-8-24-20;/h3-8,13H,2,9-12,14-15H2,1H3,(H2,21,28)(H,22,25);1H. The summed E-state index contributed by atoms with van der Waals surface area (Å²) in [6.07, 6.45) is 3.53. The Morgan fingerprint density at radius 3 is 2.60 bits per heavy atom. The summed E-state index contributed by atoms with van der Waals surface area (Å²) in [6, 6.07) is 9.36. The van der Waals surface area contributed by atoms with Crippen molar-refractivity contribution in [3.63, 3.8) is 0 Å². The number of nitrogens with one attached hydrogen (secondary N) is 1. The predicted molar refractivity (Wildman–Crippen MR) is 127 cm³/mol. The number of amides is 1. The molecule has 1 fully saturated rings. The number of aromatic nitrogens is 2. The van der Waals surface area contributed by atoms with Gasteiger partial charge in [-0.3, -0.25) is 4.79 Å². The van der Waals surface area contributed by atoms with Crippen molar-refractivity contribution in [2.24, 2.45) is 10.7 Å². The minimum Gasteiger partial charge on any atom is -0.484 e. The summed E-state index contributed by atoms with van der Waals surface area (Å²) < 4.78 is 5.37. The molecule has 1 amide bonds. The van der Waals surface area contributed by atoms with Gasteiger partial charge in [0.05, 0.1) is 6.54 Å². The van der Waals surface area contributed by atoms with Crippen LogP contribution in [0.3, 0.4) is 0 Å². The first-order valence-electron chi connectivity index (χ1n) is 9.71. The maximum absolute atomic E-state index is 10.9. The summed E-state index contributed by atoms with van der Waals surface area (Å²) in [6.45, 7) is 6.58. The number of primary amides is 1. The molecule has 0 spiro atoms. The highest BCUT2D eigenvalue weighted by Crippen LogP contribution is 2.15. The number of nitrogens with two attached hydrogens (primary N) is 1. The second kappa shape index (κ2) is 12.2. The number of aliphatic imine (C=N–C) groups is 1. The van der Waals surface area contributed by atoms with Gasteiger partial charge < -0.3 is 25.6 Å². The van der Waals surface area contributed by atoms with Gasteiger partial charge in [-0.05, 0) is 30.7 Å². The highest BCUT2D eigenvalue weighted by molar-refractivity contribution is 14.0. The third kappa shape index (κ3) is 7.01. The Morgan fingerprint density at radius 2 is 1.93 bits per heavy atom. The summed E-state index contributed by atoms with van der Waals surface area (Å²) >= 11 is 0. The van der Waals surface area contributed by atoms with E-state index in [2.05, 4.69) is 32.0 Å². The topological polar surface area (TPSA) is 109 Å². The van der Waals surface area contributed by atoms with Crippen LogP contribution in [0.25, 0.3) is 0 Å². The Morgan fingerprint density at radius 1 is 1.20 bits per heavy atom. The van der Waals surface area contributed by atoms with E-state index in [4.69, 9.17) is 15.5 Å². The van der Waals surface area contributed by atoms with Crippen LogP contribution in [0.2, 0.25) is 0 Å². The van der Waals surface area contributed by atoms with Crippen LogP contribution in [0.1, 0.15) is 12.5 Å². The second-order valence-electron chi connectivity index (χ2n) is 6.60. The number of nitrogens with zero attached hydrogens (tertiary/aromatic N) is 5. The molecule has 0 unspecified atom stereocenters. The first-order valence-corrected chi connectivity index (χ1v) is 9.71. The summed E-state index contributed by atoms with van der Waals surface area (Å²) in [4.78, 5) is 28.7. The van der Waals surface area contributed by atoms with Gasteiger partial charge in [-0.25, -0.2) is 15.0 Å². The molecular formula is C20H28IN7O2. The van der Waals surface area contributed by atoms with Crippen molar-refractivity contribution >= 4 is 41.8 Å². The van der Waals surface area contributed by atoms with Gasteiger partial charge in [-0.2, -0.15) is 0 Å². The molecule has 3 N–H and O–H groups in total. The number of piperazine rings is 1. The predicted octanol–water partition coefficient (Wildman–Crippen LogP) is 1.25. The molecule has 0 atom stereocenters. The molecule has 162 valence electrons. The summed E-state index contributed by atoms with van der Waals surface area (Å²) in [7, 11) is 0. The lowest BCUT2D eigenvalue weighted by Crippen LogP contribution is -2.52. The summed E-state index contributed by atoms with van der Waals surface area (Å²) in [5.41, 5.74) is 6.13. The van der Waals surface area contributed by atoms with E-state index in [1.807, 2.05) is 24.3 Å². The minimum atomic E-state index is -0.497. The van der Waals surface area contributed by atoms with E-state index in [1.165, 1.54) is 0 Å². The molecule has 2 heterocycles. The number of hydrogen-bond acceptors (Lipinski definition) is 6. The molecule has 9 nitrogen and oxygen atoms in total. The molecule has 10 heteroatoms. The van der Waals surface area contributed by atoms with Crippen molar-refractivity contribution in [1.82, 2.24) is 20.2 Å². The Kier molecular flexibility index (Phi) is 9.58. The van der Waals surface area contributed by atoms with Gasteiger partial charge in [0, 0.05) is 45.1 Å². The minimum absolute atomic E-state index is 0. The highest BCUT2D eigenvalue weighted by Gasteiger charge is 2.21. The van der Waals surface area contributed by atoms with Crippen LogP contribution in [-0.4, -0.2) is 66.1 Å². The van der Waals surface area contributed by atoms with Crippen molar-refractivity contribution in [2.75, 3.05) is 44.2 Å². The molecule has 0 saturated carbocycles. The van der Waals surface area contributed by atoms with Crippen LogP contribution in [0.15, 0.2) is 47.7 Å². The molecular weight excluding hydrogens is 497 g/mol. The monoisotopic (exact) mass is 525 g/mol. The first kappa shape index (κ1) is 23.6. The normalized spacial score (nSPS) is 14.1. The fourth-order valence-corrected chi connectivity index (χ4v) is 3.05. The molecule has 1 aliphatic heterocycles. The number of benzene rings is 1. The third-order valence-electron chi connectivity index (χ3n) is 4.44. The van der Waals surface area contributed by atoms with E-state index < -0.39 is 5.91 Å². The van der Waals surface area contributed by atoms with Crippen LogP contribution < -0.4 is 20.7 Å². The SMILES string of the molecule is CCNC(=NCc1cccc(OCC(N)=O)c1)N1CCN(c2ncccn2)CC1.I. The number of rotatable bonds is 7. The maximum atomic E-state index is 10.9. The largest absolute Gasteiger partial charge is 0.484 e. The molecule has 1 saturated heterocycles. The van der Waals surface area contributed by atoms with Gasteiger partial charge in [0.2, 0.25) is 5.95 Å². The van der Waals surface area contributed by atoms with E-state index in [9.17, 15) is 4.79 Å². The lowest BCUT2D eigenvalue weighted by atomic mass is 10.2. The fraction of sp³-hybridized carbons (Fsp3) is 0.400. The van der Waals surface area contributed by atoms with Crippen molar-refractivity contribution in [1.29, 1.82) is 0 Å². The third-order valence-corrected chi connectivity index (χ3v) is 4.44. The maximum Gasteiger partial charge on any atom is 0.255 e.